The molecule has 0 aromatic carbocycles. The largest absolute Gasteiger partial charge is 0.481 e. The fourth-order valence-corrected chi connectivity index (χ4v) is 1.47. The smallest absolute Gasteiger partial charge is 0.356 e. The van der Waals surface area contributed by atoms with Crippen molar-refractivity contribution in [3.8, 4) is 0 Å². The van der Waals surface area contributed by atoms with Gasteiger partial charge in [-0.05, 0) is 12.1 Å². The van der Waals surface area contributed by atoms with Crippen LogP contribution in [0.25, 0.3) is 5.65 Å². The number of carboxylic acids is 2. The second-order valence-corrected chi connectivity index (χ2v) is 3.25. The van der Waals surface area contributed by atoms with Gasteiger partial charge in [0.25, 0.3) is 0 Å². The minimum Gasteiger partial charge on any atom is -0.481 e. The maximum absolute atomic E-state index is 10.7. The monoisotopic (exact) mass is 220 g/mol. The zero-order chi connectivity index (χ0) is 11.7. The number of aliphatic carboxylic acids is 1. The Bertz CT molecular complexity index is 573. The number of hydrogen-bond donors (Lipinski definition) is 2. The number of imidazole rings is 1. The number of fused-ring (bicyclic) bond motifs is 1. The molecule has 0 saturated heterocycles. The third-order valence-corrected chi connectivity index (χ3v) is 2.13. The first-order valence-electron chi connectivity index (χ1n) is 4.50. The van der Waals surface area contributed by atoms with E-state index in [0.29, 0.717) is 11.3 Å². The van der Waals surface area contributed by atoms with Crippen LogP contribution in [0.15, 0.2) is 24.4 Å². The summed E-state index contributed by atoms with van der Waals surface area (Å²) >= 11 is 0. The Morgan fingerprint density at radius 3 is 2.69 bits per heavy atom. The van der Waals surface area contributed by atoms with Gasteiger partial charge in [-0.1, -0.05) is 6.07 Å². The summed E-state index contributed by atoms with van der Waals surface area (Å²) < 4.78 is 1.47. The molecule has 0 bridgehead atoms. The Labute approximate surface area is 89.8 Å². The molecule has 2 rings (SSSR count). The minimum atomic E-state index is -1.13. The Balaban J connectivity index is 2.58. The lowest BCUT2D eigenvalue weighted by Crippen LogP contribution is -2.04. The van der Waals surface area contributed by atoms with Crippen molar-refractivity contribution in [3.05, 3.63) is 35.8 Å². The maximum Gasteiger partial charge on any atom is 0.356 e. The molecule has 2 aromatic rings. The first kappa shape index (κ1) is 10.2. The van der Waals surface area contributed by atoms with Crippen LogP contribution in [0.1, 0.15) is 16.2 Å². The van der Waals surface area contributed by atoms with Gasteiger partial charge in [-0.3, -0.25) is 4.79 Å². The third kappa shape index (κ3) is 1.72. The van der Waals surface area contributed by atoms with E-state index in [1.54, 1.807) is 18.2 Å². The first-order chi connectivity index (χ1) is 7.58. The number of nitrogens with zero attached hydrogens (tertiary/aromatic N) is 2. The fraction of sp³-hybridized carbons (Fsp3) is 0.100. The Morgan fingerprint density at radius 1 is 1.31 bits per heavy atom. The summed E-state index contributed by atoms with van der Waals surface area (Å²) in [4.78, 5) is 25.2. The van der Waals surface area contributed by atoms with Crippen LogP contribution in [0.3, 0.4) is 0 Å². The molecule has 2 N–H and O–H groups in total. The quantitative estimate of drug-likeness (QED) is 0.792. The van der Waals surface area contributed by atoms with E-state index in [2.05, 4.69) is 4.98 Å². The molecular weight excluding hydrogens is 212 g/mol. The molecule has 0 aliphatic carbocycles. The predicted octanol–water partition coefficient (Wildman–Crippen LogP) is 0.660. The van der Waals surface area contributed by atoms with Gasteiger partial charge in [-0.2, -0.15) is 0 Å². The van der Waals surface area contributed by atoms with Gasteiger partial charge in [0, 0.05) is 11.9 Å². The summed E-state index contributed by atoms with van der Waals surface area (Å²) in [7, 11) is 0. The van der Waals surface area contributed by atoms with E-state index in [9.17, 15) is 9.59 Å². The lowest BCUT2D eigenvalue weighted by Gasteiger charge is -2.00. The summed E-state index contributed by atoms with van der Waals surface area (Å²) in [5.41, 5.74) is 0.819. The highest BCUT2D eigenvalue weighted by atomic mass is 16.4. The Hall–Kier alpha value is -2.37. The summed E-state index contributed by atoms with van der Waals surface area (Å²) in [5, 5.41) is 17.5. The van der Waals surface area contributed by atoms with Crippen LogP contribution in [-0.4, -0.2) is 31.5 Å². The standard InChI is InChI=1S/C10H8N2O4/c13-9(14)4-6-2-1-3-8-11-7(10(15)16)5-12(6)8/h1-3,5H,4H2,(H,13,14)(H,15,16). The Morgan fingerprint density at radius 2 is 2.06 bits per heavy atom. The molecule has 2 heterocycles. The molecular formula is C10H8N2O4. The topological polar surface area (TPSA) is 91.9 Å². The minimum absolute atomic E-state index is 0.0992. The predicted molar refractivity (Wildman–Crippen MR) is 53.5 cm³/mol. The number of carboxylic acid groups (broad SMARTS) is 2. The van der Waals surface area contributed by atoms with Crippen LogP contribution in [0.4, 0.5) is 0 Å². The van der Waals surface area contributed by atoms with Crippen molar-refractivity contribution >= 4 is 17.6 Å². The molecule has 6 heteroatoms. The maximum atomic E-state index is 10.7. The highest BCUT2D eigenvalue weighted by molar-refractivity contribution is 5.86. The zero-order valence-electron chi connectivity index (χ0n) is 8.12. The van der Waals surface area contributed by atoms with Crippen molar-refractivity contribution in [2.24, 2.45) is 0 Å². The van der Waals surface area contributed by atoms with Crippen molar-refractivity contribution < 1.29 is 19.8 Å². The second-order valence-electron chi connectivity index (χ2n) is 3.25. The molecule has 0 fully saturated rings. The lowest BCUT2D eigenvalue weighted by molar-refractivity contribution is -0.136. The molecule has 0 aliphatic heterocycles. The van der Waals surface area contributed by atoms with Gasteiger partial charge in [0.05, 0.1) is 6.42 Å². The number of rotatable bonds is 3. The van der Waals surface area contributed by atoms with E-state index >= 15 is 0 Å². The summed E-state index contributed by atoms with van der Waals surface area (Å²) in [5.74, 6) is -2.11. The molecule has 82 valence electrons. The highest BCUT2D eigenvalue weighted by Crippen LogP contribution is 2.09. The van der Waals surface area contributed by atoms with Crippen LogP contribution >= 0.6 is 0 Å². The van der Waals surface area contributed by atoms with Crippen molar-refractivity contribution in [2.75, 3.05) is 0 Å². The molecule has 0 radical (unpaired) electrons. The van der Waals surface area contributed by atoms with Crippen LogP contribution in [0, 0.1) is 0 Å². The molecule has 0 atom stereocenters. The molecule has 0 unspecified atom stereocenters. The number of aromatic carboxylic acids is 1. The molecule has 0 saturated carbocycles. The highest BCUT2D eigenvalue weighted by Gasteiger charge is 2.11. The second kappa shape index (κ2) is 3.65. The molecule has 0 amide bonds. The van der Waals surface area contributed by atoms with Crippen molar-refractivity contribution in [2.45, 2.75) is 6.42 Å². The fourth-order valence-electron chi connectivity index (χ4n) is 1.47. The van der Waals surface area contributed by atoms with Crippen LogP contribution < -0.4 is 0 Å². The van der Waals surface area contributed by atoms with E-state index in [1.165, 1.54) is 10.6 Å². The van der Waals surface area contributed by atoms with Gasteiger partial charge in [-0.15, -0.1) is 0 Å². The van der Waals surface area contributed by atoms with Gasteiger partial charge < -0.3 is 14.6 Å². The van der Waals surface area contributed by atoms with E-state index in [1.807, 2.05) is 0 Å². The first-order valence-corrected chi connectivity index (χ1v) is 4.50. The SMILES string of the molecule is O=C(O)Cc1cccc2nc(C(=O)O)cn12. The van der Waals surface area contributed by atoms with Gasteiger partial charge in [0.1, 0.15) is 5.65 Å². The van der Waals surface area contributed by atoms with Gasteiger partial charge in [-0.25, -0.2) is 9.78 Å². The van der Waals surface area contributed by atoms with Gasteiger partial charge in [0.15, 0.2) is 5.69 Å². The van der Waals surface area contributed by atoms with E-state index in [-0.39, 0.29) is 12.1 Å². The lowest BCUT2D eigenvalue weighted by atomic mass is 10.2. The average Bonchev–Trinajstić information content (AvgIpc) is 2.61. The number of hydrogen-bond acceptors (Lipinski definition) is 3. The number of aromatic nitrogens is 2. The van der Waals surface area contributed by atoms with Crippen LogP contribution in [0.2, 0.25) is 0 Å². The third-order valence-electron chi connectivity index (χ3n) is 2.13. The van der Waals surface area contributed by atoms with Gasteiger partial charge in [0.2, 0.25) is 0 Å². The average molecular weight is 220 g/mol. The van der Waals surface area contributed by atoms with Crippen LogP contribution in [0.5, 0.6) is 0 Å². The number of pyridine rings is 1. The summed E-state index contributed by atoms with van der Waals surface area (Å²) in [6.07, 6.45) is 1.14. The summed E-state index contributed by atoms with van der Waals surface area (Å²) in [6, 6.07) is 4.89. The van der Waals surface area contributed by atoms with Gasteiger partial charge >= 0.3 is 11.9 Å². The summed E-state index contributed by atoms with van der Waals surface area (Å²) in [6.45, 7) is 0. The van der Waals surface area contributed by atoms with E-state index in [0.717, 1.165) is 0 Å². The van der Waals surface area contributed by atoms with E-state index < -0.39 is 11.9 Å². The number of carbonyl (C=O) groups is 2. The zero-order valence-corrected chi connectivity index (χ0v) is 8.12. The Kier molecular flexibility index (Phi) is 2.32. The molecule has 6 nitrogen and oxygen atoms in total. The van der Waals surface area contributed by atoms with Crippen LogP contribution in [-0.2, 0) is 11.2 Å². The normalized spacial score (nSPS) is 10.5. The molecule has 16 heavy (non-hydrogen) atoms. The van der Waals surface area contributed by atoms with E-state index in [4.69, 9.17) is 10.2 Å². The van der Waals surface area contributed by atoms with Crippen molar-refractivity contribution in [3.63, 3.8) is 0 Å². The van der Waals surface area contributed by atoms with Crippen molar-refractivity contribution in [1.82, 2.24) is 9.38 Å². The molecule has 0 aliphatic rings. The molecule has 0 spiro atoms. The van der Waals surface area contributed by atoms with Crippen molar-refractivity contribution in [1.29, 1.82) is 0 Å². The molecule has 2 aromatic heterocycles.